The summed E-state index contributed by atoms with van der Waals surface area (Å²) in [7, 11) is 0. The largest absolute Gasteiger partial charge is 0.484 e. The molecule has 32 heavy (non-hydrogen) atoms. The molecule has 0 heterocycles. The van der Waals surface area contributed by atoms with Crippen LogP contribution in [0.3, 0.4) is 0 Å². The second-order valence-corrected chi connectivity index (χ2v) is 7.29. The first-order chi connectivity index (χ1) is 15.7. The summed E-state index contributed by atoms with van der Waals surface area (Å²) in [6.07, 6.45) is 0.441. The fraction of sp³-hybridized carbons (Fsp3) is 0.231. The molecule has 6 nitrogen and oxygen atoms in total. The number of nitrogens with one attached hydrogen (secondary N) is 1. The predicted octanol–water partition coefficient (Wildman–Crippen LogP) is 3.33. The SMILES string of the molecule is O=C(NCCCO)[C@@H](c1ccccc1)N(Cc1ccccc1)C(=O)COc1ccccc1. The van der Waals surface area contributed by atoms with E-state index in [1.165, 1.54) is 0 Å². The van der Waals surface area contributed by atoms with Crippen molar-refractivity contribution in [1.82, 2.24) is 10.2 Å². The Morgan fingerprint density at radius 3 is 2.09 bits per heavy atom. The lowest BCUT2D eigenvalue weighted by Crippen LogP contribution is -2.45. The van der Waals surface area contributed by atoms with Crippen molar-refractivity contribution in [2.24, 2.45) is 0 Å². The van der Waals surface area contributed by atoms with E-state index in [1.54, 1.807) is 17.0 Å². The minimum Gasteiger partial charge on any atom is -0.484 e. The van der Waals surface area contributed by atoms with E-state index in [1.807, 2.05) is 78.9 Å². The Labute approximate surface area is 188 Å². The number of nitrogens with zero attached hydrogens (tertiary/aromatic N) is 1. The summed E-state index contributed by atoms with van der Waals surface area (Å²) in [6, 6.07) is 27.0. The minimum atomic E-state index is -0.832. The highest BCUT2D eigenvalue weighted by Crippen LogP contribution is 2.24. The van der Waals surface area contributed by atoms with Crippen LogP contribution in [0.2, 0.25) is 0 Å². The van der Waals surface area contributed by atoms with Gasteiger partial charge in [-0.05, 0) is 29.7 Å². The van der Waals surface area contributed by atoms with Crippen LogP contribution in [0.15, 0.2) is 91.0 Å². The van der Waals surface area contributed by atoms with Gasteiger partial charge in [-0.25, -0.2) is 0 Å². The molecule has 2 N–H and O–H groups in total. The second kappa shape index (κ2) is 12.3. The smallest absolute Gasteiger partial charge is 0.261 e. The maximum absolute atomic E-state index is 13.4. The Bertz CT molecular complexity index is 965. The van der Waals surface area contributed by atoms with Crippen LogP contribution in [0.25, 0.3) is 0 Å². The number of carbonyl (C=O) groups excluding carboxylic acids is 2. The van der Waals surface area contributed by atoms with E-state index in [0.29, 0.717) is 24.3 Å². The quantitative estimate of drug-likeness (QED) is 0.456. The molecule has 0 aliphatic heterocycles. The zero-order chi connectivity index (χ0) is 22.6. The molecule has 0 aliphatic carbocycles. The Morgan fingerprint density at radius 2 is 1.47 bits per heavy atom. The van der Waals surface area contributed by atoms with Gasteiger partial charge in [-0.2, -0.15) is 0 Å². The van der Waals surface area contributed by atoms with Crippen LogP contribution >= 0.6 is 0 Å². The Kier molecular flexibility index (Phi) is 8.83. The van der Waals surface area contributed by atoms with Crippen LogP contribution in [0.5, 0.6) is 5.75 Å². The molecule has 6 heteroatoms. The fourth-order valence-electron chi connectivity index (χ4n) is 3.34. The van der Waals surface area contributed by atoms with Crippen molar-refractivity contribution in [2.75, 3.05) is 19.8 Å². The molecule has 166 valence electrons. The molecule has 0 fully saturated rings. The zero-order valence-corrected chi connectivity index (χ0v) is 17.9. The highest BCUT2D eigenvalue weighted by molar-refractivity contribution is 5.89. The van der Waals surface area contributed by atoms with Crippen LogP contribution < -0.4 is 10.1 Å². The lowest BCUT2D eigenvalue weighted by molar-refractivity contribution is -0.143. The van der Waals surface area contributed by atoms with Gasteiger partial charge in [-0.3, -0.25) is 9.59 Å². The van der Waals surface area contributed by atoms with E-state index in [0.717, 1.165) is 5.56 Å². The topological polar surface area (TPSA) is 78.9 Å². The van der Waals surface area contributed by atoms with Crippen LogP contribution in [-0.4, -0.2) is 41.6 Å². The van der Waals surface area contributed by atoms with Gasteiger partial charge in [0.05, 0.1) is 0 Å². The molecule has 1 atom stereocenters. The van der Waals surface area contributed by atoms with Crippen LogP contribution in [0.1, 0.15) is 23.6 Å². The van der Waals surface area contributed by atoms with Gasteiger partial charge in [-0.1, -0.05) is 78.9 Å². The second-order valence-electron chi connectivity index (χ2n) is 7.29. The summed E-state index contributed by atoms with van der Waals surface area (Å²) in [6.45, 7) is 0.370. The van der Waals surface area contributed by atoms with Crippen molar-refractivity contribution in [3.05, 3.63) is 102 Å². The summed E-state index contributed by atoms with van der Waals surface area (Å²) in [5, 5.41) is 11.9. The molecule has 3 aromatic rings. The molecule has 0 saturated carbocycles. The lowest BCUT2D eigenvalue weighted by Gasteiger charge is -2.31. The Balaban J connectivity index is 1.88. The van der Waals surface area contributed by atoms with E-state index in [-0.39, 0.29) is 31.6 Å². The predicted molar refractivity (Wildman–Crippen MR) is 123 cm³/mol. The third kappa shape index (κ3) is 6.68. The number of aliphatic hydroxyl groups excluding tert-OH is 1. The number of aliphatic hydroxyl groups is 1. The first kappa shape index (κ1) is 23.0. The van der Waals surface area contributed by atoms with E-state index in [9.17, 15) is 9.59 Å². The molecule has 2 amide bonds. The van der Waals surface area contributed by atoms with Gasteiger partial charge >= 0.3 is 0 Å². The number of hydrogen-bond donors (Lipinski definition) is 2. The molecule has 3 aromatic carbocycles. The highest BCUT2D eigenvalue weighted by atomic mass is 16.5. The molecule has 0 aromatic heterocycles. The highest BCUT2D eigenvalue weighted by Gasteiger charge is 2.31. The van der Waals surface area contributed by atoms with Crippen LogP contribution in [0.4, 0.5) is 0 Å². The molecule has 0 saturated heterocycles. The molecule has 0 radical (unpaired) electrons. The average Bonchev–Trinajstić information content (AvgIpc) is 2.84. The monoisotopic (exact) mass is 432 g/mol. The number of para-hydroxylation sites is 1. The first-order valence-corrected chi connectivity index (χ1v) is 10.6. The van der Waals surface area contributed by atoms with Gasteiger partial charge in [0, 0.05) is 19.7 Å². The minimum absolute atomic E-state index is 0.0200. The number of benzene rings is 3. The molecule has 0 unspecified atom stereocenters. The number of amides is 2. The van der Waals surface area contributed by atoms with Crippen LogP contribution in [-0.2, 0) is 16.1 Å². The van der Waals surface area contributed by atoms with Crippen LogP contribution in [0, 0.1) is 0 Å². The average molecular weight is 433 g/mol. The Hall–Kier alpha value is -3.64. The molecule has 0 aliphatic rings. The van der Waals surface area contributed by atoms with Gasteiger partial charge in [0.1, 0.15) is 11.8 Å². The fourth-order valence-corrected chi connectivity index (χ4v) is 3.34. The molecule has 0 spiro atoms. The number of ether oxygens (including phenoxy) is 1. The van der Waals surface area contributed by atoms with Crippen molar-refractivity contribution >= 4 is 11.8 Å². The van der Waals surface area contributed by atoms with Gasteiger partial charge in [-0.15, -0.1) is 0 Å². The first-order valence-electron chi connectivity index (χ1n) is 10.6. The van der Waals surface area contributed by atoms with E-state index >= 15 is 0 Å². The molecular weight excluding hydrogens is 404 g/mol. The molecule has 3 rings (SSSR count). The van der Waals surface area contributed by atoms with Gasteiger partial charge in [0.15, 0.2) is 6.61 Å². The Morgan fingerprint density at radius 1 is 0.875 bits per heavy atom. The number of hydrogen-bond acceptors (Lipinski definition) is 4. The van der Waals surface area contributed by atoms with Crippen molar-refractivity contribution < 1.29 is 19.4 Å². The summed E-state index contributed by atoms with van der Waals surface area (Å²) in [5.74, 6) is -0.0123. The van der Waals surface area contributed by atoms with E-state index in [4.69, 9.17) is 9.84 Å². The van der Waals surface area contributed by atoms with Crippen molar-refractivity contribution in [2.45, 2.75) is 19.0 Å². The van der Waals surface area contributed by atoms with E-state index < -0.39 is 6.04 Å². The maximum Gasteiger partial charge on any atom is 0.261 e. The van der Waals surface area contributed by atoms with Gasteiger partial charge < -0.3 is 20.1 Å². The maximum atomic E-state index is 13.4. The standard InChI is InChI=1S/C26H28N2O4/c29-18-10-17-27-26(31)25(22-13-6-2-7-14-22)28(19-21-11-4-1-5-12-21)24(30)20-32-23-15-8-3-9-16-23/h1-9,11-16,25,29H,10,17-20H2,(H,27,31)/t25-/m1/s1. The third-order valence-electron chi connectivity index (χ3n) is 4.93. The normalized spacial score (nSPS) is 11.4. The van der Waals surface area contributed by atoms with Crippen molar-refractivity contribution in [3.8, 4) is 5.75 Å². The van der Waals surface area contributed by atoms with E-state index in [2.05, 4.69) is 5.32 Å². The molecule has 0 bridgehead atoms. The third-order valence-corrected chi connectivity index (χ3v) is 4.93. The summed E-state index contributed by atoms with van der Waals surface area (Å²) in [5.41, 5.74) is 1.61. The summed E-state index contributed by atoms with van der Waals surface area (Å²) in [4.78, 5) is 28.1. The summed E-state index contributed by atoms with van der Waals surface area (Å²) >= 11 is 0. The van der Waals surface area contributed by atoms with Crippen molar-refractivity contribution in [1.29, 1.82) is 0 Å². The van der Waals surface area contributed by atoms with Gasteiger partial charge in [0.25, 0.3) is 5.91 Å². The zero-order valence-electron chi connectivity index (χ0n) is 17.9. The number of rotatable bonds is 11. The summed E-state index contributed by atoms with van der Waals surface area (Å²) < 4.78 is 5.69. The molecular formula is C26H28N2O4. The lowest BCUT2D eigenvalue weighted by atomic mass is 10.0. The number of carbonyl (C=O) groups is 2. The van der Waals surface area contributed by atoms with Gasteiger partial charge in [0.2, 0.25) is 5.91 Å². The van der Waals surface area contributed by atoms with Crippen molar-refractivity contribution in [3.63, 3.8) is 0 Å².